The van der Waals surface area contributed by atoms with Gasteiger partial charge in [-0.1, -0.05) is 26.0 Å². The summed E-state index contributed by atoms with van der Waals surface area (Å²) in [6, 6.07) is 5.89. The smallest absolute Gasteiger partial charge is 0.410 e. The fourth-order valence-electron chi connectivity index (χ4n) is 3.95. The Morgan fingerprint density at radius 1 is 1.03 bits per heavy atom. The van der Waals surface area contributed by atoms with E-state index in [-0.39, 0.29) is 11.5 Å². The van der Waals surface area contributed by atoms with Gasteiger partial charge in [-0.15, -0.1) is 5.10 Å². The second-order valence-corrected chi connectivity index (χ2v) is 11.0. The molecule has 1 aliphatic rings. The molecule has 0 spiro atoms. The number of methoxy groups -OCH3 is 1. The SMILES string of the molecule is COc1ccc(OCc2cn(CCCN3CCN(C(=O)OC(C)(C)C)CC3)nn2)c(C(C)(C)C)c1. The molecule has 35 heavy (non-hydrogen) atoms. The Bertz CT molecular complexity index is 969. The molecular formula is C26H41N5O4. The molecule has 9 nitrogen and oxygen atoms in total. The van der Waals surface area contributed by atoms with Gasteiger partial charge in [0.15, 0.2) is 0 Å². The molecule has 0 atom stereocenters. The second kappa shape index (κ2) is 11.3. The molecule has 0 radical (unpaired) electrons. The Labute approximate surface area is 209 Å². The highest BCUT2D eigenvalue weighted by Gasteiger charge is 2.25. The average Bonchev–Trinajstić information content (AvgIpc) is 3.24. The van der Waals surface area contributed by atoms with E-state index in [0.717, 1.165) is 55.4 Å². The Morgan fingerprint density at radius 3 is 2.37 bits per heavy atom. The molecule has 0 bridgehead atoms. The van der Waals surface area contributed by atoms with Gasteiger partial charge in [-0.25, -0.2) is 4.79 Å². The number of ether oxygens (including phenoxy) is 3. The molecule has 1 aromatic carbocycles. The zero-order valence-corrected chi connectivity index (χ0v) is 22.3. The van der Waals surface area contributed by atoms with Gasteiger partial charge >= 0.3 is 6.09 Å². The maximum absolute atomic E-state index is 12.2. The van der Waals surface area contributed by atoms with E-state index in [4.69, 9.17) is 14.2 Å². The van der Waals surface area contributed by atoms with Crippen LogP contribution in [0.4, 0.5) is 4.79 Å². The third-order valence-electron chi connectivity index (χ3n) is 5.84. The number of hydrogen-bond acceptors (Lipinski definition) is 7. The van der Waals surface area contributed by atoms with Crippen molar-refractivity contribution in [3.63, 3.8) is 0 Å². The molecule has 1 amide bonds. The minimum atomic E-state index is -0.459. The molecule has 1 aromatic heterocycles. The summed E-state index contributed by atoms with van der Waals surface area (Å²) >= 11 is 0. The zero-order valence-electron chi connectivity index (χ0n) is 22.3. The lowest BCUT2D eigenvalue weighted by Gasteiger charge is -2.35. The van der Waals surface area contributed by atoms with Gasteiger partial charge in [0, 0.05) is 44.8 Å². The van der Waals surface area contributed by atoms with Crippen molar-refractivity contribution in [1.29, 1.82) is 0 Å². The zero-order chi connectivity index (χ0) is 25.6. The Balaban J connectivity index is 1.42. The van der Waals surface area contributed by atoms with Crippen LogP contribution in [0.3, 0.4) is 0 Å². The molecular weight excluding hydrogens is 446 g/mol. The van der Waals surface area contributed by atoms with Crippen LogP contribution in [0.15, 0.2) is 24.4 Å². The lowest BCUT2D eigenvalue weighted by molar-refractivity contribution is 0.0143. The van der Waals surface area contributed by atoms with Gasteiger partial charge in [0.1, 0.15) is 29.4 Å². The molecule has 2 heterocycles. The van der Waals surface area contributed by atoms with Gasteiger partial charge in [-0.2, -0.15) is 0 Å². The summed E-state index contributed by atoms with van der Waals surface area (Å²) in [7, 11) is 1.67. The fourth-order valence-corrected chi connectivity index (χ4v) is 3.95. The number of carbonyl (C=O) groups is 1. The first-order valence-electron chi connectivity index (χ1n) is 12.4. The molecule has 1 saturated heterocycles. The van der Waals surface area contributed by atoms with Crippen molar-refractivity contribution in [2.24, 2.45) is 0 Å². The summed E-state index contributed by atoms with van der Waals surface area (Å²) < 4.78 is 18.8. The fraction of sp³-hybridized carbons (Fsp3) is 0.654. The summed E-state index contributed by atoms with van der Waals surface area (Å²) in [6.45, 7) is 17.4. The topological polar surface area (TPSA) is 82.0 Å². The van der Waals surface area contributed by atoms with Crippen molar-refractivity contribution < 1.29 is 19.0 Å². The van der Waals surface area contributed by atoms with Crippen LogP contribution in [0.25, 0.3) is 0 Å². The predicted octanol–water partition coefficient (Wildman–Crippen LogP) is 4.11. The Hall–Kier alpha value is -2.81. The molecule has 0 N–H and O–H groups in total. The highest BCUT2D eigenvalue weighted by molar-refractivity contribution is 5.68. The first-order valence-corrected chi connectivity index (χ1v) is 12.4. The number of benzene rings is 1. The molecule has 194 valence electrons. The standard InChI is InChI=1S/C26H41N5O4/c1-25(2,3)22-17-21(33-7)9-10-23(22)34-19-20-18-31(28-27-20)12-8-11-29-13-15-30(16-14-29)24(32)35-26(4,5)6/h9-10,17-18H,8,11-16,19H2,1-7H3. The first-order chi connectivity index (χ1) is 16.4. The quantitative estimate of drug-likeness (QED) is 0.554. The molecule has 1 fully saturated rings. The largest absolute Gasteiger partial charge is 0.497 e. The molecule has 2 aromatic rings. The Morgan fingerprint density at radius 2 is 1.74 bits per heavy atom. The van der Waals surface area contributed by atoms with Gasteiger partial charge in [-0.3, -0.25) is 9.58 Å². The van der Waals surface area contributed by atoms with Crippen LogP contribution in [-0.2, 0) is 23.3 Å². The molecule has 0 saturated carbocycles. The van der Waals surface area contributed by atoms with E-state index in [1.54, 1.807) is 12.0 Å². The van der Waals surface area contributed by atoms with E-state index < -0.39 is 5.60 Å². The minimum Gasteiger partial charge on any atom is -0.497 e. The van der Waals surface area contributed by atoms with E-state index >= 15 is 0 Å². The number of hydrogen-bond donors (Lipinski definition) is 0. The highest BCUT2D eigenvalue weighted by Crippen LogP contribution is 2.34. The van der Waals surface area contributed by atoms with E-state index in [9.17, 15) is 4.79 Å². The van der Waals surface area contributed by atoms with E-state index in [1.807, 2.05) is 49.8 Å². The normalized spacial score (nSPS) is 15.2. The van der Waals surface area contributed by atoms with Crippen molar-refractivity contribution in [1.82, 2.24) is 24.8 Å². The van der Waals surface area contributed by atoms with Crippen molar-refractivity contribution in [3.8, 4) is 11.5 Å². The van der Waals surface area contributed by atoms with Crippen LogP contribution >= 0.6 is 0 Å². The van der Waals surface area contributed by atoms with Crippen molar-refractivity contribution >= 4 is 6.09 Å². The number of piperazine rings is 1. The van der Waals surface area contributed by atoms with Gasteiger partial charge in [0.25, 0.3) is 0 Å². The third kappa shape index (κ3) is 8.13. The van der Waals surface area contributed by atoms with Crippen LogP contribution < -0.4 is 9.47 Å². The van der Waals surface area contributed by atoms with Crippen LogP contribution in [-0.4, -0.2) is 76.3 Å². The number of aryl methyl sites for hydroxylation is 1. The molecule has 9 heteroatoms. The van der Waals surface area contributed by atoms with Crippen LogP contribution in [0.1, 0.15) is 59.2 Å². The molecule has 0 aliphatic carbocycles. The van der Waals surface area contributed by atoms with E-state index in [0.29, 0.717) is 19.7 Å². The summed E-state index contributed by atoms with van der Waals surface area (Å²) in [5.41, 5.74) is 1.36. The van der Waals surface area contributed by atoms with E-state index in [2.05, 4.69) is 36.0 Å². The van der Waals surface area contributed by atoms with Crippen molar-refractivity contribution in [2.75, 3.05) is 39.8 Å². The maximum Gasteiger partial charge on any atom is 0.410 e. The molecule has 0 unspecified atom stereocenters. The number of amides is 1. The number of rotatable bonds is 8. The van der Waals surface area contributed by atoms with E-state index in [1.165, 1.54) is 0 Å². The maximum atomic E-state index is 12.2. The number of nitrogens with zero attached hydrogens (tertiary/aromatic N) is 5. The summed E-state index contributed by atoms with van der Waals surface area (Å²) in [5, 5.41) is 8.53. The number of carbonyl (C=O) groups excluding carboxylic acids is 1. The van der Waals surface area contributed by atoms with Gasteiger partial charge < -0.3 is 19.1 Å². The van der Waals surface area contributed by atoms with Crippen molar-refractivity contribution in [3.05, 3.63) is 35.7 Å². The lowest BCUT2D eigenvalue weighted by Crippen LogP contribution is -2.50. The molecule has 1 aliphatic heterocycles. The molecule has 3 rings (SSSR count). The predicted molar refractivity (Wildman–Crippen MR) is 135 cm³/mol. The van der Waals surface area contributed by atoms with Crippen LogP contribution in [0.2, 0.25) is 0 Å². The third-order valence-corrected chi connectivity index (χ3v) is 5.84. The average molecular weight is 488 g/mol. The monoisotopic (exact) mass is 487 g/mol. The minimum absolute atomic E-state index is 0.0696. The summed E-state index contributed by atoms with van der Waals surface area (Å²) in [5.74, 6) is 1.65. The van der Waals surface area contributed by atoms with Gasteiger partial charge in [0.05, 0.1) is 13.3 Å². The summed E-state index contributed by atoms with van der Waals surface area (Å²) in [6.07, 6.45) is 2.68. The van der Waals surface area contributed by atoms with Crippen molar-refractivity contribution in [2.45, 2.75) is 72.1 Å². The highest BCUT2D eigenvalue weighted by atomic mass is 16.6. The van der Waals surface area contributed by atoms with Gasteiger partial charge in [-0.05, 0) is 50.8 Å². The summed E-state index contributed by atoms with van der Waals surface area (Å²) in [4.78, 5) is 16.4. The number of aromatic nitrogens is 3. The van der Waals surface area contributed by atoms with Crippen LogP contribution in [0.5, 0.6) is 11.5 Å². The van der Waals surface area contributed by atoms with Crippen LogP contribution in [0, 0.1) is 0 Å². The first kappa shape index (κ1) is 26.8. The second-order valence-electron chi connectivity index (χ2n) is 11.0. The van der Waals surface area contributed by atoms with Gasteiger partial charge in [0.2, 0.25) is 0 Å². The Kier molecular flexibility index (Phi) is 8.64. The lowest BCUT2D eigenvalue weighted by atomic mass is 9.86.